The second-order valence-electron chi connectivity index (χ2n) is 5.78. The molecule has 0 unspecified atom stereocenters. The molecule has 6 nitrogen and oxygen atoms in total. The Morgan fingerprint density at radius 3 is 2.26 bits per heavy atom. The van der Waals surface area contributed by atoms with Gasteiger partial charge in [-0.1, -0.05) is 35.3 Å². The van der Waals surface area contributed by atoms with Crippen LogP contribution in [0.25, 0.3) is 0 Å². The summed E-state index contributed by atoms with van der Waals surface area (Å²) in [5.41, 5.74) is 0.713. The van der Waals surface area contributed by atoms with Gasteiger partial charge >= 0.3 is 5.97 Å². The van der Waals surface area contributed by atoms with Crippen molar-refractivity contribution in [1.29, 1.82) is 0 Å². The van der Waals surface area contributed by atoms with Crippen LogP contribution in [0.1, 0.15) is 15.9 Å². The lowest BCUT2D eigenvalue weighted by molar-refractivity contribution is -0.141. The minimum absolute atomic E-state index is 0.0162. The Morgan fingerprint density at radius 2 is 1.70 bits per heavy atom. The minimum atomic E-state index is -3.53. The third kappa shape index (κ3) is 5.69. The normalized spacial score (nSPS) is 11.1. The van der Waals surface area contributed by atoms with Gasteiger partial charge in [-0.2, -0.15) is 0 Å². The molecule has 9 heteroatoms. The zero-order valence-electron chi connectivity index (χ0n) is 14.6. The number of hydrogen-bond acceptors (Lipinski definition) is 5. The molecule has 0 heterocycles. The standard InChI is InChI=1S/C18H17Cl2NO5S/c1-26-17(22)11-21(10-12-3-5-13(19)6-4-12)18(23)15-9-14(27(2,24)25)7-8-16(15)20/h3-9H,10-11H2,1-2H3. The molecule has 0 saturated heterocycles. The highest BCUT2D eigenvalue weighted by atomic mass is 35.5. The Bertz CT molecular complexity index is 958. The SMILES string of the molecule is COC(=O)CN(Cc1ccc(Cl)cc1)C(=O)c1cc(S(C)(=O)=O)ccc1Cl. The lowest BCUT2D eigenvalue weighted by atomic mass is 10.1. The first kappa shape index (κ1) is 21.2. The van der Waals surface area contributed by atoms with Crippen molar-refractivity contribution >= 4 is 44.9 Å². The van der Waals surface area contributed by atoms with E-state index in [9.17, 15) is 18.0 Å². The lowest BCUT2D eigenvalue weighted by Crippen LogP contribution is -2.36. The number of ether oxygens (including phenoxy) is 1. The van der Waals surface area contributed by atoms with Crippen LogP contribution in [0, 0.1) is 0 Å². The van der Waals surface area contributed by atoms with Crippen molar-refractivity contribution in [3.8, 4) is 0 Å². The Kier molecular flexibility index (Phi) is 6.86. The third-order valence-electron chi connectivity index (χ3n) is 3.72. The summed E-state index contributed by atoms with van der Waals surface area (Å²) < 4.78 is 28.2. The van der Waals surface area contributed by atoms with Crippen molar-refractivity contribution in [2.45, 2.75) is 11.4 Å². The van der Waals surface area contributed by atoms with Gasteiger partial charge in [-0.25, -0.2) is 8.42 Å². The number of hydrogen-bond donors (Lipinski definition) is 0. The van der Waals surface area contributed by atoms with E-state index in [1.807, 2.05) is 0 Å². The van der Waals surface area contributed by atoms with E-state index in [1.54, 1.807) is 24.3 Å². The van der Waals surface area contributed by atoms with E-state index in [1.165, 1.54) is 30.2 Å². The molecule has 0 bridgehead atoms. The van der Waals surface area contributed by atoms with E-state index in [2.05, 4.69) is 4.74 Å². The number of benzene rings is 2. The zero-order valence-corrected chi connectivity index (χ0v) is 16.9. The predicted molar refractivity (Wildman–Crippen MR) is 103 cm³/mol. The molecule has 0 saturated carbocycles. The molecule has 0 aliphatic heterocycles. The fourth-order valence-electron chi connectivity index (χ4n) is 2.30. The number of rotatable bonds is 6. The van der Waals surface area contributed by atoms with Gasteiger partial charge in [-0.05, 0) is 35.9 Å². The van der Waals surface area contributed by atoms with E-state index in [-0.39, 0.29) is 28.6 Å². The quantitative estimate of drug-likeness (QED) is 0.658. The molecule has 144 valence electrons. The smallest absolute Gasteiger partial charge is 0.325 e. The number of nitrogens with zero attached hydrogens (tertiary/aromatic N) is 1. The van der Waals surface area contributed by atoms with Gasteiger partial charge in [-0.3, -0.25) is 9.59 Å². The third-order valence-corrected chi connectivity index (χ3v) is 5.41. The molecule has 0 fully saturated rings. The number of halogens is 2. The number of methoxy groups -OCH3 is 1. The summed E-state index contributed by atoms with van der Waals surface area (Å²) in [7, 11) is -2.32. The molecular weight excluding hydrogens is 413 g/mol. The van der Waals surface area contributed by atoms with Crippen LogP contribution in [0.2, 0.25) is 10.0 Å². The van der Waals surface area contributed by atoms with Gasteiger partial charge in [-0.15, -0.1) is 0 Å². The van der Waals surface area contributed by atoms with Crippen LogP contribution in [-0.2, 0) is 25.9 Å². The second kappa shape index (κ2) is 8.73. The Labute approximate surface area is 167 Å². The molecule has 0 radical (unpaired) electrons. The zero-order chi connectivity index (χ0) is 20.2. The largest absolute Gasteiger partial charge is 0.468 e. The van der Waals surface area contributed by atoms with Crippen LogP contribution in [0.15, 0.2) is 47.4 Å². The molecule has 0 aliphatic carbocycles. The van der Waals surface area contributed by atoms with Gasteiger partial charge in [0.2, 0.25) is 0 Å². The van der Waals surface area contributed by atoms with Crippen molar-refractivity contribution in [2.24, 2.45) is 0 Å². The second-order valence-corrected chi connectivity index (χ2v) is 8.64. The van der Waals surface area contributed by atoms with E-state index in [4.69, 9.17) is 23.2 Å². The fourth-order valence-corrected chi connectivity index (χ4v) is 3.27. The summed E-state index contributed by atoms with van der Waals surface area (Å²) in [5.74, 6) is -1.21. The first-order valence-corrected chi connectivity index (χ1v) is 10.4. The van der Waals surface area contributed by atoms with Crippen LogP contribution in [0.5, 0.6) is 0 Å². The van der Waals surface area contributed by atoms with Crippen LogP contribution >= 0.6 is 23.2 Å². The van der Waals surface area contributed by atoms with Crippen LogP contribution in [-0.4, -0.2) is 45.1 Å². The molecular formula is C18H17Cl2NO5S. The maximum Gasteiger partial charge on any atom is 0.325 e. The highest BCUT2D eigenvalue weighted by molar-refractivity contribution is 7.90. The summed E-state index contributed by atoms with van der Waals surface area (Å²) in [5, 5.41) is 0.617. The van der Waals surface area contributed by atoms with E-state index in [0.717, 1.165) is 11.8 Å². The molecule has 1 amide bonds. The van der Waals surface area contributed by atoms with Crippen LogP contribution < -0.4 is 0 Å². The van der Waals surface area contributed by atoms with Crippen LogP contribution in [0.3, 0.4) is 0 Å². The van der Waals surface area contributed by atoms with E-state index >= 15 is 0 Å². The monoisotopic (exact) mass is 429 g/mol. The molecule has 2 rings (SSSR count). The van der Waals surface area contributed by atoms with Gasteiger partial charge in [0.05, 0.1) is 22.6 Å². The number of esters is 1. The van der Waals surface area contributed by atoms with Crippen molar-refractivity contribution in [3.05, 3.63) is 63.6 Å². The highest BCUT2D eigenvalue weighted by Crippen LogP contribution is 2.23. The van der Waals surface area contributed by atoms with Crippen molar-refractivity contribution in [2.75, 3.05) is 19.9 Å². The Morgan fingerprint density at radius 1 is 1.07 bits per heavy atom. The number of amides is 1. The number of carbonyl (C=O) groups excluding carboxylic acids is 2. The van der Waals surface area contributed by atoms with E-state index in [0.29, 0.717) is 5.02 Å². The molecule has 0 N–H and O–H groups in total. The average Bonchev–Trinajstić information content (AvgIpc) is 2.61. The summed E-state index contributed by atoms with van der Waals surface area (Å²) in [4.78, 5) is 25.9. The first-order chi connectivity index (χ1) is 12.6. The predicted octanol–water partition coefficient (Wildman–Crippen LogP) is 3.21. The first-order valence-electron chi connectivity index (χ1n) is 7.72. The Balaban J connectivity index is 2.41. The summed E-state index contributed by atoms with van der Waals surface area (Å²) >= 11 is 12.0. The maximum absolute atomic E-state index is 13.0. The molecule has 27 heavy (non-hydrogen) atoms. The lowest BCUT2D eigenvalue weighted by Gasteiger charge is -2.22. The molecule has 0 atom stereocenters. The molecule has 0 spiro atoms. The average molecular weight is 430 g/mol. The fraction of sp³-hybridized carbons (Fsp3) is 0.222. The number of carbonyl (C=O) groups is 2. The van der Waals surface area contributed by atoms with Crippen molar-refractivity contribution in [1.82, 2.24) is 4.90 Å². The van der Waals surface area contributed by atoms with Gasteiger partial charge < -0.3 is 9.64 Å². The summed E-state index contributed by atoms with van der Waals surface area (Å²) in [6.07, 6.45) is 1.03. The van der Waals surface area contributed by atoms with E-state index < -0.39 is 21.7 Å². The molecule has 2 aromatic carbocycles. The number of sulfone groups is 1. The highest BCUT2D eigenvalue weighted by Gasteiger charge is 2.23. The van der Waals surface area contributed by atoms with Crippen molar-refractivity contribution < 1.29 is 22.7 Å². The Hall–Kier alpha value is -2.09. The molecule has 0 aromatic heterocycles. The summed E-state index contributed by atoms with van der Waals surface area (Å²) in [6.45, 7) is -0.234. The van der Waals surface area contributed by atoms with Gasteiger partial charge in [0.15, 0.2) is 9.84 Å². The van der Waals surface area contributed by atoms with Gasteiger partial charge in [0.25, 0.3) is 5.91 Å². The minimum Gasteiger partial charge on any atom is -0.468 e. The molecule has 0 aliphatic rings. The maximum atomic E-state index is 13.0. The molecule has 2 aromatic rings. The van der Waals surface area contributed by atoms with Gasteiger partial charge in [0.1, 0.15) is 6.54 Å². The van der Waals surface area contributed by atoms with Crippen molar-refractivity contribution in [3.63, 3.8) is 0 Å². The van der Waals surface area contributed by atoms with Gasteiger partial charge in [0, 0.05) is 17.8 Å². The van der Waals surface area contributed by atoms with Crippen LogP contribution in [0.4, 0.5) is 0 Å². The topological polar surface area (TPSA) is 80.8 Å². The summed E-state index contributed by atoms with van der Waals surface area (Å²) in [6, 6.07) is 10.6.